The van der Waals surface area contributed by atoms with Crippen LogP contribution in [-0.4, -0.2) is 18.1 Å². The molecule has 0 aliphatic carbocycles. The fourth-order valence-corrected chi connectivity index (χ4v) is 2.38. The van der Waals surface area contributed by atoms with E-state index >= 15 is 0 Å². The maximum Gasteiger partial charge on any atom is 0.344 e. The molecule has 1 aromatic heterocycles. The number of hydrogen-bond acceptors (Lipinski definition) is 3. The van der Waals surface area contributed by atoms with Gasteiger partial charge in [-0.15, -0.1) is 0 Å². The number of esters is 1. The van der Waals surface area contributed by atoms with Gasteiger partial charge in [0.15, 0.2) is 0 Å². The number of ether oxygens (including phenoxy) is 2. The van der Waals surface area contributed by atoms with Gasteiger partial charge in [-0.3, -0.25) is 0 Å². The number of para-hydroxylation sites is 1. The van der Waals surface area contributed by atoms with Gasteiger partial charge in [0, 0.05) is 15.4 Å². The molecule has 21 heavy (non-hydrogen) atoms. The predicted octanol–water partition coefficient (Wildman–Crippen LogP) is 4.51. The number of aromatic nitrogens is 1. The third-order valence-electron chi connectivity index (χ3n) is 3.09. The highest BCUT2D eigenvalue weighted by molar-refractivity contribution is 9.10. The lowest BCUT2D eigenvalue weighted by Crippen LogP contribution is -2.02. The Labute approximate surface area is 129 Å². The quantitative estimate of drug-likeness (QED) is 0.710. The molecule has 0 atom stereocenters. The summed E-state index contributed by atoms with van der Waals surface area (Å²) in [6.07, 6.45) is 0. The molecule has 0 saturated heterocycles. The summed E-state index contributed by atoms with van der Waals surface area (Å²) in [6.45, 7) is 0. The van der Waals surface area contributed by atoms with Gasteiger partial charge < -0.3 is 14.5 Å². The van der Waals surface area contributed by atoms with Crippen LogP contribution in [0.15, 0.2) is 53.0 Å². The van der Waals surface area contributed by atoms with E-state index in [0.717, 1.165) is 15.4 Å². The maximum atomic E-state index is 12.0. The van der Waals surface area contributed by atoms with E-state index in [1.165, 1.54) is 7.11 Å². The lowest BCUT2D eigenvalue weighted by atomic mass is 10.2. The molecule has 0 aliphatic rings. The molecular formula is C16H12BrNO3. The van der Waals surface area contributed by atoms with E-state index in [2.05, 4.69) is 20.9 Å². The highest BCUT2D eigenvalue weighted by atomic mass is 79.9. The number of halogens is 1. The van der Waals surface area contributed by atoms with Crippen molar-refractivity contribution in [1.82, 2.24) is 4.98 Å². The van der Waals surface area contributed by atoms with Crippen LogP contribution in [0.1, 0.15) is 10.4 Å². The summed E-state index contributed by atoms with van der Waals surface area (Å²) in [5, 5.41) is 0.775. The van der Waals surface area contributed by atoms with Crippen molar-refractivity contribution < 1.29 is 14.3 Å². The van der Waals surface area contributed by atoms with Crippen molar-refractivity contribution in [3.8, 4) is 11.6 Å². The van der Waals surface area contributed by atoms with Crippen molar-refractivity contribution in [3.63, 3.8) is 0 Å². The smallest absolute Gasteiger partial charge is 0.344 e. The second-order valence-corrected chi connectivity index (χ2v) is 5.34. The predicted molar refractivity (Wildman–Crippen MR) is 83.9 cm³/mol. The van der Waals surface area contributed by atoms with Crippen LogP contribution >= 0.6 is 15.9 Å². The summed E-state index contributed by atoms with van der Waals surface area (Å²) >= 11 is 3.37. The Hall–Kier alpha value is -2.27. The molecule has 0 aliphatic heterocycles. The van der Waals surface area contributed by atoms with Gasteiger partial charge in [-0.2, -0.15) is 0 Å². The average molecular weight is 346 g/mol. The number of nitrogens with one attached hydrogen (secondary N) is 1. The van der Waals surface area contributed by atoms with Gasteiger partial charge >= 0.3 is 5.97 Å². The minimum Gasteiger partial charge on any atom is -0.465 e. The highest BCUT2D eigenvalue weighted by Crippen LogP contribution is 2.32. The Morgan fingerprint density at radius 3 is 2.52 bits per heavy atom. The summed E-state index contributed by atoms with van der Waals surface area (Å²) < 4.78 is 11.6. The molecule has 106 valence electrons. The summed E-state index contributed by atoms with van der Waals surface area (Å²) in [4.78, 5) is 15.1. The Morgan fingerprint density at radius 1 is 1.10 bits per heavy atom. The molecule has 2 aromatic carbocycles. The second-order valence-electron chi connectivity index (χ2n) is 4.42. The van der Waals surface area contributed by atoms with Crippen molar-refractivity contribution in [2.75, 3.05) is 7.11 Å². The Balaban J connectivity index is 2.08. The van der Waals surface area contributed by atoms with Gasteiger partial charge in [0.2, 0.25) is 5.88 Å². The molecule has 0 bridgehead atoms. The summed E-state index contributed by atoms with van der Waals surface area (Å²) in [5.41, 5.74) is 1.22. The lowest BCUT2D eigenvalue weighted by Gasteiger charge is -2.06. The number of carbonyl (C=O) groups excluding carboxylic acids is 1. The zero-order chi connectivity index (χ0) is 14.8. The fourth-order valence-electron chi connectivity index (χ4n) is 2.12. The SMILES string of the molecule is COC(=O)c1c(Oc2ccc(Br)cc2)[nH]c2ccccc12. The van der Waals surface area contributed by atoms with E-state index in [0.29, 0.717) is 17.2 Å². The molecule has 3 aromatic rings. The van der Waals surface area contributed by atoms with Crippen LogP contribution in [0.2, 0.25) is 0 Å². The van der Waals surface area contributed by atoms with E-state index < -0.39 is 5.97 Å². The molecule has 0 amide bonds. The number of benzene rings is 2. The first-order valence-corrected chi connectivity index (χ1v) is 7.11. The van der Waals surface area contributed by atoms with E-state index in [4.69, 9.17) is 9.47 Å². The van der Waals surface area contributed by atoms with E-state index in [1.807, 2.05) is 48.5 Å². The normalized spacial score (nSPS) is 10.6. The van der Waals surface area contributed by atoms with Crippen LogP contribution < -0.4 is 4.74 Å². The fraction of sp³-hybridized carbons (Fsp3) is 0.0625. The van der Waals surface area contributed by atoms with Crippen LogP contribution in [0.4, 0.5) is 0 Å². The third-order valence-corrected chi connectivity index (χ3v) is 3.62. The number of rotatable bonds is 3. The monoisotopic (exact) mass is 345 g/mol. The first-order valence-electron chi connectivity index (χ1n) is 6.31. The highest BCUT2D eigenvalue weighted by Gasteiger charge is 2.20. The zero-order valence-corrected chi connectivity index (χ0v) is 12.8. The number of aromatic amines is 1. The van der Waals surface area contributed by atoms with E-state index in [9.17, 15) is 4.79 Å². The van der Waals surface area contributed by atoms with Crippen molar-refractivity contribution in [2.45, 2.75) is 0 Å². The molecule has 0 fully saturated rings. The molecule has 1 N–H and O–H groups in total. The molecule has 0 unspecified atom stereocenters. The average Bonchev–Trinajstić information content (AvgIpc) is 2.86. The molecule has 0 radical (unpaired) electrons. The van der Waals surface area contributed by atoms with Crippen molar-refractivity contribution in [3.05, 3.63) is 58.6 Å². The molecule has 5 heteroatoms. The van der Waals surface area contributed by atoms with Crippen molar-refractivity contribution >= 4 is 32.8 Å². The van der Waals surface area contributed by atoms with Gasteiger partial charge in [-0.05, 0) is 30.3 Å². The molecular weight excluding hydrogens is 334 g/mol. The van der Waals surface area contributed by atoms with Gasteiger partial charge in [0.1, 0.15) is 11.3 Å². The second kappa shape index (κ2) is 5.61. The zero-order valence-electron chi connectivity index (χ0n) is 11.2. The van der Waals surface area contributed by atoms with Gasteiger partial charge in [-0.1, -0.05) is 34.1 Å². The third kappa shape index (κ3) is 2.64. The summed E-state index contributed by atoms with van der Waals surface area (Å²) in [5.74, 6) is 0.583. The standard InChI is InChI=1S/C16H12BrNO3/c1-20-16(19)14-12-4-2-3-5-13(12)18-15(14)21-11-8-6-10(17)7-9-11/h2-9,18H,1H3. The maximum absolute atomic E-state index is 12.0. The van der Waals surface area contributed by atoms with Crippen molar-refractivity contribution in [2.24, 2.45) is 0 Å². The van der Waals surface area contributed by atoms with Crippen LogP contribution in [0, 0.1) is 0 Å². The van der Waals surface area contributed by atoms with E-state index in [1.54, 1.807) is 0 Å². The van der Waals surface area contributed by atoms with Gasteiger partial charge in [-0.25, -0.2) is 4.79 Å². The van der Waals surface area contributed by atoms with Crippen LogP contribution in [0.3, 0.4) is 0 Å². The Kier molecular flexibility index (Phi) is 3.66. The summed E-state index contributed by atoms with van der Waals surface area (Å²) in [6, 6.07) is 14.9. The van der Waals surface area contributed by atoms with E-state index in [-0.39, 0.29) is 0 Å². The van der Waals surface area contributed by atoms with Crippen LogP contribution in [-0.2, 0) is 4.74 Å². The van der Waals surface area contributed by atoms with Gasteiger partial charge in [0.05, 0.1) is 7.11 Å². The van der Waals surface area contributed by atoms with Crippen LogP contribution in [0.5, 0.6) is 11.6 Å². The molecule has 0 saturated carbocycles. The number of hydrogen-bond donors (Lipinski definition) is 1. The van der Waals surface area contributed by atoms with Crippen molar-refractivity contribution in [1.29, 1.82) is 0 Å². The minimum absolute atomic E-state index is 0.380. The molecule has 4 nitrogen and oxygen atoms in total. The number of carbonyl (C=O) groups is 1. The first-order chi connectivity index (χ1) is 10.2. The Bertz CT molecular complexity index is 793. The molecule has 0 spiro atoms. The molecule has 3 rings (SSSR count). The largest absolute Gasteiger partial charge is 0.465 e. The van der Waals surface area contributed by atoms with Gasteiger partial charge in [0.25, 0.3) is 0 Å². The topological polar surface area (TPSA) is 51.3 Å². The Morgan fingerprint density at radius 2 is 1.81 bits per heavy atom. The lowest BCUT2D eigenvalue weighted by molar-refractivity contribution is 0.0600. The molecule has 1 heterocycles. The minimum atomic E-state index is -0.431. The first kappa shape index (κ1) is 13.7. The van der Waals surface area contributed by atoms with Crippen LogP contribution in [0.25, 0.3) is 10.9 Å². The number of fused-ring (bicyclic) bond motifs is 1. The summed E-state index contributed by atoms with van der Waals surface area (Å²) in [7, 11) is 1.35. The number of H-pyrrole nitrogens is 1. The number of methoxy groups -OCH3 is 1.